The molecule has 12 heteroatoms. The highest BCUT2D eigenvalue weighted by molar-refractivity contribution is 7.90. The number of carbonyl (C=O) groups excluding carboxylic acids is 1. The third kappa shape index (κ3) is 6.80. The number of nitrogens with zero attached hydrogens (tertiary/aromatic N) is 6. The van der Waals surface area contributed by atoms with Crippen molar-refractivity contribution in [2.24, 2.45) is 0 Å². The van der Waals surface area contributed by atoms with Gasteiger partial charge in [0.05, 0.1) is 34.7 Å². The van der Waals surface area contributed by atoms with Gasteiger partial charge >= 0.3 is 5.69 Å². The molecule has 51 heavy (non-hydrogen) atoms. The van der Waals surface area contributed by atoms with Crippen LogP contribution < -0.4 is 10.4 Å². The fourth-order valence-electron chi connectivity index (χ4n) is 7.39. The van der Waals surface area contributed by atoms with Crippen LogP contribution in [0.2, 0.25) is 0 Å². The van der Waals surface area contributed by atoms with Crippen molar-refractivity contribution in [1.29, 1.82) is 5.26 Å². The summed E-state index contributed by atoms with van der Waals surface area (Å²) in [7, 11) is -2.95. The summed E-state index contributed by atoms with van der Waals surface area (Å²) in [5, 5.41) is 9.81. The highest BCUT2D eigenvalue weighted by Gasteiger charge is 2.37. The van der Waals surface area contributed by atoms with Crippen molar-refractivity contribution in [2.45, 2.75) is 36.4 Å². The van der Waals surface area contributed by atoms with E-state index in [4.69, 9.17) is 4.74 Å². The quantitative estimate of drug-likeness (QED) is 0.223. The van der Waals surface area contributed by atoms with Gasteiger partial charge in [-0.2, -0.15) is 9.23 Å². The standard InChI is InChI=1S/C39H40N6O5S/c1-50-33-15-17-34(18-16-33)51(48,49)45-35-19-14-30(26-40)25-36(35)44(39(45)47)37(31-11-6-3-7-12-31)38(46)43-20-8-13-32(28-43)42-23-21-41(22-24-42)27-29-9-4-2-5-10-29/h2-7,9-12,14-19,25,32,37H,8,13,20-24,27-28H2,1H3. The summed E-state index contributed by atoms with van der Waals surface area (Å²) in [4.78, 5) is 36.0. The molecule has 3 heterocycles. The fourth-order valence-corrected chi connectivity index (χ4v) is 8.79. The molecule has 262 valence electrons. The van der Waals surface area contributed by atoms with Crippen LogP contribution in [0.5, 0.6) is 5.75 Å². The van der Waals surface area contributed by atoms with Gasteiger partial charge in [-0.25, -0.2) is 13.2 Å². The van der Waals surface area contributed by atoms with Crippen LogP contribution in [0.3, 0.4) is 0 Å². The van der Waals surface area contributed by atoms with E-state index in [1.165, 1.54) is 59.7 Å². The molecule has 7 rings (SSSR count). The van der Waals surface area contributed by atoms with E-state index in [2.05, 4.69) is 40.1 Å². The Morgan fingerprint density at radius 2 is 1.57 bits per heavy atom. The first-order valence-electron chi connectivity index (χ1n) is 17.2. The van der Waals surface area contributed by atoms with Gasteiger partial charge < -0.3 is 9.64 Å². The van der Waals surface area contributed by atoms with Gasteiger partial charge in [-0.3, -0.25) is 19.2 Å². The first-order valence-corrected chi connectivity index (χ1v) is 18.6. The molecule has 0 bridgehead atoms. The molecule has 2 unspecified atom stereocenters. The van der Waals surface area contributed by atoms with Crippen molar-refractivity contribution >= 4 is 27.0 Å². The molecule has 1 amide bonds. The Morgan fingerprint density at radius 1 is 0.882 bits per heavy atom. The van der Waals surface area contributed by atoms with Gasteiger partial charge in [0.15, 0.2) is 0 Å². The molecule has 4 aromatic carbocycles. The van der Waals surface area contributed by atoms with Crippen molar-refractivity contribution in [3.05, 3.63) is 130 Å². The molecule has 2 fully saturated rings. The van der Waals surface area contributed by atoms with E-state index >= 15 is 0 Å². The van der Waals surface area contributed by atoms with E-state index in [1.807, 2.05) is 17.0 Å². The third-order valence-electron chi connectivity index (χ3n) is 10.0. The molecule has 0 spiro atoms. The van der Waals surface area contributed by atoms with Crippen molar-refractivity contribution in [2.75, 3.05) is 46.4 Å². The number of imidazole rings is 1. The minimum Gasteiger partial charge on any atom is -0.497 e. The molecular weight excluding hydrogens is 665 g/mol. The average Bonchev–Trinajstić information content (AvgIpc) is 3.47. The first kappa shape index (κ1) is 34.2. The fraction of sp³-hybridized carbons (Fsp3) is 0.308. The molecule has 5 aromatic rings. The number of hydrogen-bond acceptors (Lipinski definition) is 8. The molecule has 11 nitrogen and oxygen atoms in total. The van der Waals surface area contributed by atoms with Crippen LogP contribution in [0, 0.1) is 11.3 Å². The Morgan fingerprint density at radius 3 is 2.24 bits per heavy atom. The number of ether oxygens (including phenoxy) is 1. The lowest BCUT2D eigenvalue weighted by molar-refractivity contribution is -0.136. The minimum atomic E-state index is -4.42. The molecule has 2 atom stereocenters. The van der Waals surface area contributed by atoms with Gasteiger partial charge in [-0.1, -0.05) is 60.7 Å². The number of piperazine rings is 1. The summed E-state index contributed by atoms with van der Waals surface area (Å²) in [6, 6.07) is 30.7. The second-order valence-corrected chi connectivity index (χ2v) is 14.9. The zero-order valence-electron chi connectivity index (χ0n) is 28.5. The van der Waals surface area contributed by atoms with E-state index in [9.17, 15) is 23.3 Å². The van der Waals surface area contributed by atoms with E-state index in [-0.39, 0.29) is 33.4 Å². The Hall–Kier alpha value is -5.22. The number of methoxy groups -OCH3 is 1. The lowest BCUT2D eigenvalue weighted by Crippen LogP contribution is -2.56. The molecule has 2 saturated heterocycles. The molecule has 0 N–H and O–H groups in total. The number of benzene rings is 4. The summed E-state index contributed by atoms with van der Waals surface area (Å²) >= 11 is 0. The Bertz CT molecular complexity index is 2220. The van der Waals surface area contributed by atoms with E-state index in [1.54, 1.807) is 24.3 Å². The topological polar surface area (TPSA) is 121 Å². The predicted molar refractivity (Wildman–Crippen MR) is 194 cm³/mol. The van der Waals surface area contributed by atoms with Crippen LogP contribution in [0.4, 0.5) is 0 Å². The highest BCUT2D eigenvalue weighted by Crippen LogP contribution is 2.30. The summed E-state index contributed by atoms with van der Waals surface area (Å²) in [6.07, 6.45) is 1.77. The number of amides is 1. The summed E-state index contributed by atoms with van der Waals surface area (Å²) in [5.41, 5.74) is 1.45. The zero-order chi connectivity index (χ0) is 35.5. The van der Waals surface area contributed by atoms with Crippen molar-refractivity contribution < 1.29 is 17.9 Å². The van der Waals surface area contributed by atoms with Crippen LogP contribution >= 0.6 is 0 Å². The van der Waals surface area contributed by atoms with E-state index in [0.29, 0.717) is 24.4 Å². The number of carbonyl (C=O) groups is 1. The van der Waals surface area contributed by atoms with Crippen molar-refractivity contribution in [1.82, 2.24) is 23.2 Å². The molecular formula is C39H40N6O5S. The van der Waals surface area contributed by atoms with Gasteiger partial charge in [-0.15, -0.1) is 0 Å². The highest BCUT2D eigenvalue weighted by atomic mass is 32.2. The predicted octanol–water partition coefficient (Wildman–Crippen LogP) is 4.32. The lowest BCUT2D eigenvalue weighted by atomic mass is 9.99. The number of likely N-dealkylation sites (tertiary alicyclic amines) is 1. The molecule has 0 saturated carbocycles. The number of aromatic nitrogens is 2. The Labute approximate surface area is 297 Å². The second kappa shape index (κ2) is 14.6. The van der Waals surface area contributed by atoms with Crippen molar-refractivity contribution in [3.63, 3.8) is 0 Å². The lowest BCUT2D eigenvalue weighted by Gasteiger charge is -2.44. The molecule has 2 aliphatic rings. The molecule has 0 aliphatic carbocycles. The largest absolute Gasteiger partial charge is 0.497 e. The smallest absolute Gasteiger partial charge is 0.344 e. The first-order chi connectivity index (χ1) is 24.8. The summed E-state index contributed by atoms with van der Waals surface area (Å²) < 4.78 is 35.5. The van der Waals surface area contributed by atoms with Crippen molar-refractivity contribution in [3.8, 4) is 11.8 Å². The van der Waals surface area contributed by atoms with Crippen LogP contribution in [0.15, 0.2) is 113 Å². The summed E-state index contributed by atoms with van der Waals surface area (Å²) in [5.74, 6) is 0.171. The van der Waals surface area contributed by atoms with Gasteiger partial charge in [0.25, 0.3) is 15.9 Å². The van der Waals surface area contributed by atoms with Crippen LogP contribution in [0.1, 0.15) is 35.6 Å². The van der Waals surface area contributed by atoms with E-state index in [0.717, 1.165) is 49.5 Å². The minimum absolute atomic E-state index is 0.0773. The van der Waals surface area contributed by atoms with E-state index < -0.39 is 21.8 Å². The maximum Gasteiger partial charge on any atom is 0.344 e. The van der Waals surface area contributed by atoms with Crippen LogP contribution in [0.25, 0.3) is 11.0 Å². The number of piperidine rings is 1. The monoisotopic (exact) mass is 704 g/mol. The third-order valence-corrected chi connectivity index (χ3v) is 11.7. The number of hydrogen-bond donors (Lipinski definition) is 0. The van der Waals surface area contributed by atoms with Gasteiger partial charge in [0, 0.05) is 51.9 Å². The molecule has 2 aliphatic heterocycles. The second-order valence-electron chi connectivity index (χ2n) is 13.1. The number of rotatable bonds is 9. The average molecular weight is 705 g/mol. The Kier molecular flexibility index (Phi) is 9.77. The number of fused-ring (bicyclic) bond motifs is 1. The van der Waals surface area contributed by atoms with Gasteiger partial charge in [0.2, 0.25) is 0 Å². The maximum absolute atomic E-state index is 14.8. The zero-order valence-corrected chi connectivity index (χ0v) is 29.3. The number of nitriles is 1. The SMILES string of the molecule is COc1ccc(S(=O)(=O)n2c(=O)n(C(C(=O)N3CCCC(N4CCN(Cc5ccccc5)CC4)C3)c3ccccc3)c3cc(C#N)ccc32)cc1. The maximum atomic E-state index is 14.8. The van der Waals surface area contributed by atoms with Gasteiger partial charge in [0.1, 0.15) is 11.8 Å². The molecule has 0 radical (unpaired) electrons. The summed E-state index contributed by atoms with van der Waals surface area (Å²) in [6.45, 7) is 5.60. The molecule has 1 aromatic heterocycles. The van der Waals surface area contributed by atoms with Crippen LogP contribution in [-0.4, -0.2) is 90.0 Å². The Balaban J connectivity index is 1.23. The van der Waals surface area contributed by atoms with Gasteiger partial charge in [-0.05, 0) is 66.4 Å². The normalized spacial score (nSPS) is 18.0. The van der Waals surface area contributed by atoms with Crippen LogP contribution in [-0.2, 0) is 21.4 Å².